The van der Waals surface area contributed by atoms with Crippen LogP contribution in [-0.4, -0.2) is 40.0 Å². The van der Waals surface area contributed by atoms with Crippen LogP contribution in [0.2, 0.25) is 0 Å². The number of anilines is 2. The Morgan fingerprint density at radius 3 is 2.65 bits per heavy atom. The van der Waals surface area contributed by atoms with Crippen molar-refractivity contribution in [3.8, 4) is 11.3 Å². The van der Waals surface area contributed by atoms with Gasteiger partial charge in [0.1, 0.15) is 11.6 Å². The van der Waals surface area contributed by atoms with E-state index in [0.717, 1.165) is 25.7 Å². The fourth-order valence-electron chi connectivity index (χ4n) is 5.27. The molecule has 3 heterocycles. The lowest BCUT2D eigenvalue weighted by Gasteiger charge is -2.27. The van der Waals surface area contributed by atoms with Gasteiger partial charge in [0, 0.05) is 48.3 Å². The van der Waals surface area contributed by atoms with Gasteiger partial charge in [-0.15, -0.1) is 0 Å². The number of H-pyrrole nitrogens is 1. The van der Waals surface area contributed by atoms with E-state index in [9.17, 15) is 18.8 Å². The molecule has 1 saturated carbocycles. The number of aromatic nitrogens is 3. The number of aromatic amines is 1. The van der Waals surface area contributed by atoms with Crippen molar-refractivity contribution in [2.45, 2.75) is 57.9 Å². The molecule has 1 unspecified atom stereocenters. The summed E-state index contributed by atoms with van der Waals surface area (Å²) in [5, 5.41) is 8.62. The van der Waals surface area contributed by atoms with E-state index in [1.54, 1.807) is 30.5 Å². The highest BCUT2D eigenvalue weighted by atomic mass is 19.1. The highest BCUT2D eigenvalue weighted by molar-refractivity contribution is 5.97. The number of pyridine rings is 1. The van der Waals surface area contributed by atoms with Gasteiger partial charge in [0.2, 0.25) is 11.8 Å². The lowest BCUT2D eigenvalue weighted by molar-refractivity contribution is -0.127. The minimum Gasteiger partial charge on any atom is -0.453 e. The van der Waals surface area contributed by atoms with E-state index >= 15 is 0 Å². The van der Waals surface area contributed by atoms with Crippen LogP contribution < -0.4 is 16.0 Å². The van der Waals surface area contributed by atoms with Gasteiger partial charge >= 0.3 is 6.09 Å². The Morgan fingerprint density at radius 1 is 1.07 bits per heavy atom. The number of fused-ring (bicyclic) bond motifs is 6. The summed E-state index contributed by atoms with van der Waals surface area (Å²) < 4.78 is 19.3. The van der Waals surface area contributed by atoms with Crippen molar-refractivity contribution in [2.24, 2.45) is 11.8 Å². The van der Waals surface area contributed by atoms with Crippen molar-refractivity contribution < 1.29 is 23.5 Å². The van der Waals surface area contributed by atoms with Crippen LogP contribution in [0, 0.1) is 17.7 Å². The molecule has 0 radical (unpaired) electrons. The normalized spacial score (nSPS) is 20.9. The van der Waals surface area contributed by atoms with E-state index in [1.165, 1.54) is 13.2 Å². The molecule has 210 valence electrons. The van der Waals surface area contributed by atoms with Crippen LogP contribution in [0.3, 0.4) is 0 Å². The summed E-state index contributed by atoms with van der Waals surface area (Å²) in [6.07, 6.45) is 5.18. The Labute approximate surface area is 231 Å². The number of aryl methyl sites for hydroxylation is 1. The summed E-state index contributed by atoms with van der Waals surface area (Å²) in [7, 11) is 1.26. The maximum Gasteiger partial charge on any atom is 0.411 e. The number of hydrogen-bond acceptors (Lipinski definition) is 6. The number of carbonyl (C=O) groups is 3. The fourth-order valence-corrected chi connectivity index (χ4v) is 5.27. The first-order chi connectivity index (χ1) is 19.3. The second kappa shape index (κ2) is 11.8. The smallest absolute Gasteiger partial charge is 0.411 e. The molecule has 40 heavy (non-hydrogen) atoms. The number of halogens is 1. The Hall–Kier alpha value is -4.28. The number of carbonyl (C=O) groups excluding carboxylic acids is 3. The average Bonchev–Trinajstić information content (AvgIpc) is 3.43. The maximum atomic E-state index is 14.6. The van der Waals surface area contributed by atoms with Gasteiger partial charge in [0.15, 0.2) is 0 Å². The lowest BCUT2D eigenvalue weighted by atomic mass is 9.82. The number of benzene rings is 1. The van der Waals surface area contributed by atoms with E-state index < -0.39 is 18.0 Å². The highest BCUT2D eigenvalue weighted by Gasteiger charge is 2.28. The van der Waals surface area contributed by atoms with Crippen molar-refractivity contribution in [1.82, 2.24) is 20.3 Å². The van der Waals surface area contributed by atoms with Crippen molar-refractivity contribution in [3.63, 3.8) is 0 Å². The van der Waals surface area contributed by atoms with Gasteiger partial charge in [-0.05, 0) is 61.9 Å². The van der Waals surface area contributed by atoms with Crippen molar-refractivity contribution in [3.05, 3.63) is 59.6 Å². The van der Waals surface area contributed by atoms with Crippen LogP contribution in [-0.2, 0) is 27.2 Å². The van der Waals surface area contributed by atoms with Crippen molar-refractivity contribution in [1.29, 1.82) is 0 Å². The summed E-state index contributed by atoms with van der Waals surface area (Å²) in [6, 6.07) is 7.43. The quantitative estimate of drug-likeness (QED) is 0.367. The molecular weight excluding hydrogens is 515 g/mol. The van der Waals surface area contributed by atoms with Crippen LogP contribution in [0.1, 0.15) is 62.3 Å². The number of imidazole rings is 1. The molecule has 4 bridgehead atoms. The molecule has 1 aromatic carbocycles. The van der Waals surface area contributed by atoms with E-state index in [1.807, 2.05) is 0 Å². The number of nitrogens with one attached hydrogen (secondary N) is 4. The number of ether oxygens (including phenoxy) is 1. The third kappa shape index (κ3) is 6.30. The van der Waals surface area contributed by atoms with Crippen LogP contribution in [0.5, 0.6) is 0 Å². The molecule has 10 nitrogen and oxygen atoms in total. The molecule has 0 saturated heterocycles. The summed E-state index contributed by atoms with van der Waals surface area (Å²) >= 11 is 0. The molecule has 5 rings (SSSR count). The topological polar surface area (TPSA) is 138 Å². The Bertz CT molecular complexity index is 1420. The zero-order valence-electron chi connectivity index (χ0n) is 22.6. The van der Waals surface area contributed by atoms with Crippen LogP contribution in [0.4, 0.5) is 20.6 Å². The number of rotatable bonds is 3. The van der Waals surface area contributed by atoms with E-state index in [4.69, 9.17) is 4.98 Å². The average molecular weight is 549 g/mol. The maximum absolute atomic E-state index is 14.6. The molecule has 2 aliphatic rings. The molecular formula is C29H33FN6O4. The number of methoxy groups -OCH3 is 1. The molecule has 3 aromatic rings. The third-order valence-electron chi connectivity index (χ3n) is 7.61. The predicted molar refractivity (Wildman–Crippen MR) is 147 cm³/mol. The lowest BCUT2D eigenvalue weighted by Crippen LogP contribution is -2.37. The molecule has 1 fully saturated rings. The van der Waals surface area contributed by atoms with Gasteiger partial charge < -0.3 is 20.4 Å². The second-order valence-corrected chi connectivity index (χ2v) is 10.5. The molecule has 2 aromatic heterocycles. The van der Waals surface area contributed by atoms with E-state index in [2.05, 4.69) is 37.6 Å². The van der Waals surface area contributed by atoms with Crippen LogP contribution >= 0.6 is 0 Å². The summed E-state index contributed by atoms with van der Waals surface area (Å²) in [6.45, 7) is 2.21. The number of amides is 3. The minimum absolute atomic E-state index is 0.00640. The molecule has 0 spiro atoms. The van der Waals surface area contributed by atoms with Gasteiger partial charge in [-0.2, -0.15) is 0 Å². The third-order valence-corrected chi connectivity index (χ3v) is 7.61. The molecule has 1 aliphatic carbocycles. The zero-order valence-corrected chi connectivity index (χ0v) is 22.6. The zero-order chi connectivity index (χ0) is 28.2. The second-order valence-electron chi connectivity index (χ2n) is 10.5. The highest BCUT2D eigenvalue weighted by Crippen LogP contribution is 2.33. The summed E-state index contributed by atoms with van der Waals surface area (Å²) in [4.78, 5) is 50.4. The van der Waals surface area contributed by atoms with Gasteiger partial charge in [-0.1, -0.05) is 6.92 Å². The van der Waals surface area contributed by atoms with Gasteiger partial charge in [-0.25, -0.2) is 14.2 Å². The largest absolute Gasteiger partial charge is 0.453 e. The van der Waals surface area contributed by atoms with Crippen LogP contribution in [0.25, 0.3) is 11.3 Å². The molecule has 1 atom stereocenters. The molecule has 4 N–H and O–H groups in total. The van der Waals surface area contributed by atoms with Crippen molar-refractivity contribution in [2.75, 3.05) is 17.7 Å². The fraction of sp³-hybridized carbons (Fsp3) is 0.414. The molecule has 11 heteroatoms. The van der Waals surface area contributed by atoms with Gasteiger partial charge in [-0.3, -0.25) is 19.9 Å². The SMILES string of the molecule is COC(=O)Nc1ccc2c(c1)NC(=O)CCc1nc(ccc1F)CC(NC(=O)[C@H]1CC[C@H](C)CC1)c1nc-2c[nH]1. The Kier molecular flexibility index (Phi) is 8.09. The first-order valence-electron chi connectivity index (χ1n) is 13.6. The summed E-state index contributed by atoms with van der Waals surface area (Å²) in [5.74, 6) is 0.216. The Morgan fingerprint density at radius 2 is 1.88 bits per heavy atom. The molecule has 1 aliphatic heterocycles. The first-order valence-corrected chi connectivity index (χ1v) is 13.6. The summed E-state index contributed by atoms with van der Waals surface area (Å²) in [5.41, 5.74) is 2.75. The monoisotopic (exact) mass is 548 g/mol. The van der Waals surface area contributed by atoms with Gasteiger partial charge in [0.25, 0.3) is 0 Å². The predicted octanol–water partition coefficient (Wildman–Crippen LogP) is 4.90. The number of nitrogens with zero attached hydrogens (tertiary/aromatic N) is 2. The van der Waals surface area contributed by atoms with Gasteiger partial charge in [0.05, 0.1) is 30.2 Å². The number of hydrogen-bond donors (Lipinski definition) is 4. The van der Waals surface area contributed by atoms with E-state index in [-0.39, 0.29) is 36.3 Å². The first kappa shape index (κ1) is 27.3. The van der Waals surface area contributed by atoms with Crippen molar-refractivity contribution >= 4 is 29.3 Å². The minimum atomic E-state index is -0.651. The van der Waals surface area contributed by atoms with E-state index in [0.29, 0.717) is 46.5 Å². The molecule has 3 amide bonds. The van der Waals surface area contributed by atoms with Crippen LogP contribution in [0.15, 0.2) is 36.5 Å². The Balaban J connectivity index is 1.51. The standard InChI is InChI=1S/C29H33FN6O4/c1-16-3-5-17(6-4-16)28(38)36-24-14-18-8-10-21(30)22(32-18)11-12-26(37)34-23-13-19(33-29(39)40-2)7-9-20(23)25-15-31-27(24)35-25/h7-10,13,15-17,24H,3-6,11-12,14H2,1-2H3,(H,31,35)(H,33,39)(H,34,37)(H,36,38)/t16-,17-,24?.